The van der Waals surface area contributed by atoms with E-state index in [2.05, 4.69) is 88.3 Å². The highest BCUT2D eigenvalue weighted by atomic mass is 16.3. The zero-order valence-corrected chi connectivity index (χ0v) is 44.4. The van der Waals surface area contributed by atoms with Crippen molar-refractivity contribution in [1.29, 1.82) is 0 Å². The molecule has 0 aromatic heterocycles. The molecular formula is C66H62N8O4. The molecular weight excluding hydrogens is 969 g/mol. The van der Waals surface area contributed by atoms with Crippen LogP contribution >= 0.6 is 0 Å². The Kier molecular flexibility index (Phi) is 12.0. The van der Waals surface area contributed by atoms with Crippen molar-refractivity contribution >= 4 is 67.4 Å². The van der Waals surface area contributed by atoms with Gasteiger partial charge in [-0.1, -0.05) is 137 Å². The van der Waals surface area contributed by atoms with Gasteiger partial charge in [-0.25, -0.2) is 4.99 Å². The number of carbonyl (C=O) groups is 3. The first-order chi connectivity index (χ1) is 38.1. The number of carbonyl (C=O) groups excluding carboxylic acids is 3. The van der Waals surface area contributed by atoms with Crippen molar-refractivity contribution < 1.29 is 19.5 Å². The molecule has 2 unspecified atom stereocenters. The second-order valence-electron chi connectivity index (χ2n) is 21.0. The van der Waals surface area contributed by atoms with Crippen LogP contribution in [0.15, 0.2) is 156 Å². The zero-order chi connectivity index (χ0) is 53.5. The second-order valence-corrected chi connectivity index (χ2v) is 21.0. The van der Waals surface area contributed by atoms with E-state index >= 15 is 4.79 Å². The number of benzene rings is 8. The average molecular weight is 1030 g/mol. The molecule has 2 heterocycles. The molecule has 12 nitrogen and oxygen atoms in total. The lowest BCUT2D eigenvalue weighted by atomic mass is 9.79. The lowest BCUT2D eigenvalue weighted by Gasteiger charge is -2.41. The number of amides is 2. The number of hydrogen-bond acceptors (Lipinski definition) is 10. The summed E-state index contributed by atoms with van der Waals surface area (Å²) in [6.07, 6.45) is 1.69. The molecule has 390 valence electrons. The maximum Gasteiger partial charge on any atom is 0.251 e. The highest BCUT2D eigenvalue weighted by Gasteiger charge is 2.49. The summed E-state index contributed by atoms with van der Waals surface area (Å²) in [5, 5.41) is 35.4. The van der Waals surface area contributed by atoms with Crippen LogP contribution < -0.4 is 37.2 Å². The zero-order valence-electron chi connectivity index (χ0n) is 44.4. The van der Waals surface area contributed by atoms with Gasteiger partial charge in [0.1, 0.15) is 5.76 Å². The second kappa shape index (κ2) is 19.2. The van der Waals surface area contributed by atoms with Crippen molar-refractivity contribution in [3.05, 3.63) is 201 Å². The topological polar surface area (TPSA) is 150 Å². The largest absolute Gasteiger partial charge is 0.506 e. The number of Topliss-reactive ketones (excluding diaryl/α,β-unsaturated/α-hetero) is 1. The van der Waals surface area contributed by atoms with Gasteiger partial charge < -0.3 is 41.5 Å². The van der Waals surface area contributed by atoms with E-state index in [1.165, 1.54) is 0 Å². The standard InChI is InChI=1S/C66H62N8O4/c1-5-73(6-2)35-15-33-67-63(77)41-27-29-45-43-19-9-11-21-49(43)65(51(45)37-41)69-53-23-13-17-39-25-31-47(59(71-65)55(39)53)57-61(75)58(62(57)76)48-32-26-40-18-14-24-54-56(40)60(48)72-66(70-54)50-22-12-10-20-44(50)46-30-28-42(38-52(46)66)64(78)68-34-16-36-74(7-3)8-4/h9-14,17-32,37-38,69-71,75H,5-8,15-16,33-36H2,1-4H3,(H,67,77)(H,68,78). The predicted octanol–water partition coefficient (Wildman–Crippen LogP) is 10.3. The van der Waals surface area contributed by atoms with Crippen LogP contribution in [0.3, 0.4) is 0 Å². The summed E-state index contributed by atoms with van der Waals surface area (Å²) in [5.74, 6) is -0.704. The van der Waals surface area contributed by atoms with Gasteiger partial charge in [-0.2, -0.15) is 0 Å². The van der Waals surface area contributed by atoms with Gasteiger partial charge in [0.25, 0.3) is 11.8 Å². The van der Waals surface area contributed by atoms with Gasteiger partial charge in [0.05, 0.1) is 22.2 Å². The number of fused-ring (bicyclic) bond motifs is 10. The predicted molar refractivity (Wildman–Crippen MR) is 312 cm³/mol. The minimum atomic E-state index is -1.17. The fourth-order valence-corrected chi connectivity index (χ4v) is 13.0. The van der Waals surface area contributed by atoms with Crippen molar-refractivity contribution in [3.8, 4) is 22.3 Å². The molecule has 8 aromatic rings. The van der Waals surface area contributed by atoms with Crippen LogP contribution in [0.4, 0.5) is 17.1 Å². The van der Waals surface area contributed by atoms with Gasteiger partial charge in [0.2, 0.25) is 5.78 Å². The Morgan fingerprint density at radius 2 is 1.08 bits per heavy atom. The maximum atomic E-state index is 15.4. The van der Waals surface area contributed by atoms with Gasteiger partial charge in [-0.3, -0.25) is 14.4 Å². The molecule has 2 spiro atoms. The summed E-state index contributed by atoms with van der Waals surface area (Å²) < 4.78 is 0. The molecule has 2 aliphatic heterocycles. The fourth-order valence-electron chi connectivity index (χ4n) is 13.0. The molecule has 5 aliphatic rings. The van der Waals surface area contributed by atoms with Crippen molar-refractivity contribution in [1.82, 2.24) is 20.4 Å². The van der Waals surface area contributed by atoms with Gasteiger partial charge in [0.15, 0.2) is 11.3 Å². The van der Waals surface area contributed by atoms with Crippen molar-refractivity contribution in [2.45, 2.75) is 51.9 Å². The van der Waals surface area contributed by atoms with E-state index in [0.717, 1.165) is 130 Å². The number of rotatable bonds is 15. The van der Waals surface area contributed by atoms with E-state index in [1.807, 2.05) is 121 Å². The molecule has 0 bridgehead atoms. The Morgan fingerprint density at radius 1 is 0.538 bits per heavy atom. The van der Waals surface area contributed by atoms with Gasteiger partial charge in [-0.05, 0) is 122 Å². The molecule has 2 atom stereocenters. The van der Waals surface area contributed by atoms with Gasteiger partial charge in [-0.15, -0.1) is 0 Å². The molecule has 13 rings (SSSR count). The molecule has 6 N–H and O–H groups in total. The first-order valence-electron chi connectivity index (χ1n) is 27.7. The summed E-state index contributed by atoms with van der Waals surface area (Å²) >= 11 is 0. The van der Waals surface area contributed by atoms with E-state index in [4.69, 9.17) is 4.99 Å². The molecule has 8 aromatic carbocycles. The number of anilines is 3. The third kappa shape index (κ3) is 7.48. The van der Waals surface area contributed by atoms with Crippen molar-refractivity contribution in [2.24, 2.45) is 4.99 Å². The van der Waals surface area contributed by atoms with E-state index < -0.39 is 11.3 Å². The first kappa shape index (κ1) is 49.0. The summed E-state index contributed by atoms with van der Waals surface area (Å²) in [7, 11) is 0. The summed E-state index contributed by atoms with van der Waals surface area (Å²) in [6.45, 7) is 15.4. The third-order valence-corrected chi connectivity index (χ3v) is 17.0. The number of hydrogen-bond donors (Lipinski definition) is 6. The van der Waals surface area contributed by atoms with Crippen LogP contribution in [0.1, 0.15) is 89.1 Å². The molecule has 2 amide bonds. The average Bonchev–Trinajstić information content (AvgIpc) is 3.43. The number of aliphatic hydroxyl groups excluding tert-OH is 1. The van der Waals surface area contributed by atoms with Crippen molar-refractivity contribution in [3.63, 3.8) is 0 Å². The van der Waals surface area contributed by atoms with E-state index in [0.29, 0.717) is 46.0 Å². The molecule has 78 heavy (non-hydrogen) atoms. The Hall–Kier alpha value is -8.58. The number of allylic oxidation sites excluding steroid dienone is 2. The maximum absolute atomic E-state index is 15.4. The number of nitrogens with one attached hydrogen (secondary N) is 5. The SMILES string of the molecule is CCN(CC)CCCNC(=O)c1ccc2c(c1)C1(N=c3c(=C4C(=O)C(c5ccc6cccc7c6c5NC5(N7)c6ccccc6-c6ccc(C(=O)NCCCN(CC)CC)cc65)=C4O)ccc4cccc(c34)N1)c1ccccc1-2. The monoisotopic (exact) mass is 1030 g/mol. The van der Waals surface area contributed by atoms with Crippen LogP contribution in [0, 0.1) is 0 Å². The number of aliphatic hydroxyl groups is 1. The fraction of sp³-hybridized carbons (Fsp3) is 0.242. The minimum absolute atomic E-state index is 0.113. The molecule has 12 heteroatoms. The lowest BCUT2D eigenvalue weighted by Crippen LogP contribution is -2.45. The third-order valence-electron chi connectivity index (χ3n) is 17.0. The highest BCUT2D eigenvalue weighted by molar-refractivity contribution is 6.52. The summed E-state index contributed by atoms with van der Waals surface area (Å²) in [4.78, 5) is 53.5. The van der Waals surface area contributed by atoms with Crippen molar-refractivity contribution in [2.75, 3.05) is 68.3 Å². The molecule has 3 aliphatic carbocycles. The van der Waals surface area contributed by atoms with E-state index in [9.17, 15) is 14.7 Å². The van der Waals surface area contributed by atoms with Crippen LogP contribution in [-0.2, 0) is 16.1 Å². The Balaban J connectivity index is 0.924. The van der Waals surface area contributed by atoms with E-state index in [-0.39, 0.29) is 34.5 Å². The molecule has 0 saturated heterocycles. The highest BCUT2D eigenvalue weighted by Crippen LogP contribution is 2.56. The lowest BCUT2D eigenvalue weighted by molar-refractivity contribution is -0.109. The quantitative estimate of drug-likeness (QED) is 0.0552. The Morgan fingerprint density at radius 3 is 1.72 bits per heavy atom. The van der Waals surface area contributed by atoms with Gasteiger partial charge >= 0.3 is 0 Å². The van der Waals surface area contributed by atoms with Crippen LogP contribution in [0.25, 0.3) is 54.9 Å². The number of ketones is 1. The van der Waals surface area contributed by atoms with Gasteiger partial charge in [0, 0.05) is 79.4 Å². The molecule has 0 saturated carbocycles. The molecule has 0 fully saturated rings. The molecule has 0 radical (unpaired) electrons. The first-order valence-corrected chi connectivity index (χ1v) is 27.7. The van der Waals surface area contributed by atoms with Crippen LogP contribution in [0.5, 0.6) is 0 Å². The number of nitrogens with zero attached hydrogens (tertiary/aromatic N) is 3. The normalized spacial score (nSPS) is 18.5. The Labute approximate surface area is 453 Å². The summed E-state index contributed by atoms with van der Waals surface area (Å²) in [6, 6.07) is 48.2. The summed E-state index contributed by atoms with van der Waals surface area (Å²) in [5.41, 5.74) is 9.80. The minimum Gasteiger partial charge on any atom is -0.506 e. The Bertz CT molecular complexity index is 4030. The van der Waals surface area contributed by atoms with Crippen LogP contribution in [0.2, 0.25) is 0 Å². The smallest absolute Gasteiger partial charge is 0.251 e. The van der Waals surface area contributed by atoms with E-state index in [1.54, 1.807) is 0 Å². The van der Waals surface area contributed by atoms with Crippen LogP contribution in [-0.4, -0.2) is 84.9 Å².